The predicted molar refractivity (Wildman–Crippen MR) is 70.3 cm³/mol. The topological polar surface area (TPSA) is 23.6 Å². The van der Waals surface area contributed by atoms with Gasteiger partial charge in [-0.05, 0) is 12.1 Å². The number of nitrogens with zero attached hydrogens (tertiary/aromatic N) is 2. The summed E-state index contributed by atoms with van der Waals surface area (Å²) in [4.78, 5) is 15.6. The smallest absolute Gasteiger partial charge is 0.223 e. The lowest BCUT2D eigenvalue weighted by atomic mass is 10.2. The van der Waals surface area contributed by atoms with Gasteiger partial charge in [0.25, 0.3) is 0 Å². The molecule has 1 atom stereocenters. The Kier molecular flexibility index (Phi) is 3.89. The number of piperazine rings is 1. The van der Waals surface area contributed by atoms with Gasteiger partial charge in [0.05, 0.1) is 6.54 Å². The third kappa shape index (κ3) is 2.72. The normalized spacial score (nSPS) is 20.5. The van der Waals surface area contributed by atoms with E-state index in [-0.39, 0.29) is 11.4 Å². The van der Waals surface area contributed by atoms with Crippen molar-refractivity contribution in [2.24, 2.45) is 0 Å². The van der Waals surface area contributed by atoms with Gasteiger partial charge < -0.3 is 9.80 Å². The third-order valence-corrected chi connectivity index (χ3v) is 3.44. The average Bonchev–Trinajstić information content (AvgIpc) is 2.39. The summed E-state index contributed by atoms with van der Waals surface area (Å²) in [6.45, 7) is 4.11. The molecule has 1 amide bonds. The van der Waals surface area contributed by atoms with Gasteiger partial charge in [-0.25, -0.2) is 0 Å². The van der Waals surface area contributed by atoms with Crippen molar-refractivity contribution in [2.75, 3.05) is 24.5 Å². The maximum Gasteiger partial charge on any atom is 0.223 e. The van der Waals surface area contributed by atoms with Crippen LogP contribution in [-0.4, -0.2) is 35.9 Å². The Morgan fingerprint density at radius 2 is 2.06 bits per heavy atom. The van der Waals surface area contributed by atoms with E-state index in [0.29, 0.717) is 19.5 Å². The molecule has 0 bridgehead atoms. The lowest BCUT2D eigenvalue weighted by Crippen LogP contribution is -2.53. The van der Waals surface area contributed by atoms with Crippen LogP contribution in [0.15, 0.2) is 30.3 Å². The van der Waals surface area contributed by atoms with E-state index in [0.717, 1.165) is 6.54 Å². The Balaban J connectivity index is 2.02. The van der Waals surface area contributed by atoms with Crippen molar-refractivity contribution in [3.63, 3.8) is 0 Å². The van der Waals surface area contributed by atoms with Crippen molar-refractivity contribution in [1.82, 2.24) is 4.90 Å². The second-order valence-electron chi connectivity index (χ2n) is 4.16. The molecule has 2 rings (SSSR count). The largest absolute Gasteiger partial charge is 0.366 e. The lowest BCUT2D eigenvalue weighted by Gasteiger charge is -2.39. The Morgan fingerprint density at radius 1 is 1.35 bits per heavy atom. The van der Waals surface area contributed by atoms with E-state index >= 15 is 0 Å². The second-order valence-corrected chi connectivity index (χ2v) is 4.66. The van der Waals surface area contributed by atoms with E-state index < -0.39 is 0 Å². The molecule has 0 spiro atoms. The van der Waals surface area contributed by atoms with Crippen molar-refractivity contribution < 1.29 is 4.79 Å². The molecule has 1 heterocycles. The number of alkyl halides is 1. The zero-order valence-corrected chi connectivity index (χ0v) is 10.7. The number of hydrogen-bond acceptors (Lipinski definition) is 2. The molecular weight excluding hydrogens is 236 g/mol. The van der Waals surface area contributed by atoms with E-state index in [1.807, 2.05) is 25.1 Å². The molecule has 4 heteroatoms. The fraction of sp³-hybridized carbons (Fsp3) is 0.462. The SMILES string of the molecule is CCC(=O)N1CCN(c2ccccc2)CC1Cl. The summed E-state index contributed by atoms with van der Waals surface area (Å²) in [6, 6.07) is 10.2. The molecule has 17 heavy (non-hydrogen) atoms. The van der Waals surface area contributed by atoms with E-state index in [1.54, 1.807) is 4.90 Å². The molecule has 0 radical (unpaired) electrons. The van der Waals surface area contributed by atoms with Crippen LogP contribution in [0.4, 0.5) is 5.69 Å². The first-order chi connectivity index (χ1) is 8.22. The van der Waals surface area contributed by atoms with Gasteiger partial charge in [0, 0.05) is 25.2 Å². The van der Waals surface area contributed by atoms with Crippen LogP contribution in [0.25, 0.3) is 0 Å². The van der Waals surface area contributed by atoms with Crippen LogP contribution < -0.4 is 4.90 Å². The molecule has 0 aromatic heterocycles. The van der Waals surface area contributed by atoms with Gasteiger partial charge in [0.1, 0.15) is 5.50 Å². The highest BCUT2D eigenvalue weighted by Crippen LogP contribution is 2.20. The summed E-state index contributed by atoms with van der Waals surface area (Å²) in [5, 5.41) is 0. The molecule has 1 aliphatic rings. The van der Waals surface area contributed by atoms with Gasteiger partial charge in [0.2, 0.25) is 5.91 Å². The van der Waals surface area contributed by atoms with Gasteiger partial charge in [-0.3, -0.25) is 4.79 Å². The van der Waals surface area contributed by atoms with Crippen molar-refractivity contribution in [3.8, 4) is 0 Å². The van der Waals surface area contributed by atoms with E-state index in [4.69, 9.17) is 11.6 Å². The molecule has 0 N–H and O–H groups in total. The Morgan fingerprint density at radius 3 is 2.65 bits per heavy atom. The van der Waals surface area contributed by atoms with Crippen LogP contribution in [-0.2, 0) is 4.79 Å². The van der Waals surface area contributed by atoms with E-state index in [9.17, 15) is 4.79 Å². The van der Waals surface area contributed by atoms with Crippen molar-refractivity contribution in [2.45, 2.75) is 18.8 Å². The minimum Gasteiger partial charge on any atom is -0.366 e. The molecule has 92 valence electrons. The van der Waals surface area contributed by atoms with Crippen molar-refractivity contribution in [3.05, 3.63) is 30.3 Å². The average molecular weight is 253 g/mol. The van der Waals surface area contributed by atoms with Gasteiger partial charge >= 0.3 is 0 Å². The highest BCUT2D eigenvalue weighted by Gasteiger charge is 2.27. The van der Waals surface area contributed by atoms with Crippen LogP contribution in [0, 0.1) is 0 Å². The molecule has 1 aromatic rings. The standard InChI is InChI=1S/C13H17ClN2O/c1-2-13(17)16-9-8-15(10-12(16)14)11-6-4-3-5-7-11/h3-7,12H,2,8-10H2,1H3. The molecule has 1 fully saturated rings. The van der Waals surface area contributed by atoms with E-state index in [2.05, 4.69) is 17.0 Å². The maximum absolute atomic E-state index is 11.6. The number of rotatable bonds is 2. The quantitative estimate of drug-likeness (QED) is 0.596. The van der Waals surface area contributed by atoms with Gasteiger partial charge in [0.15, 0.2) is 0 Å². The van der Waals surface area contributed by atoms with Gasteiger partial charge in [-0.1, -0.05) is 36.7 Å². The van der Waals surface area contributed by atoms with Crippen LogP contribution in [0.5, 0.6) is 0 Å². The summed E-state index contributed by atoms with van der Waals surface area (Å²) in [6.07, 6.45) is 0.522. The van der Waals surface area contributed by atoms with Crippen molar-refractivity contribution in [1.29, 1.82) is 0 Å². The molecule has 1 aliphatic heterocycles. The zero-order chi connectivity index (χ0) is 12.3. The number of para-hydroxylation sites is 1. The molecule has 0 aliphatic carbocycles. The fourth-order valence-corrected chi connectivity index (χ4v) is 2.47. The number of carbonyl (C=O) groups excluding carboxylic acids is 1. The summed E-state index contributed by atoms with van der Waals surface area (Å²) < 4.78 is 0. The van der Waals surface area contributed by atoms with Gasteiger partial charge in [-0.15, -0.1) is 0 Å². The first-order valence-corrected chi connectivity index (χ1v) is 6.39. The number of carbonyl (C=O) groups is 1. The molecule has 3 nitrogen and oxygen atoms in total. The van der Waals surface area contributed by atoms with Crippen LogP contribution in [0.1, 0.15) is 13.3 Å². The first-order valence-electron chi connectivity index (χ1n) is 5.96. The number of anilines is 1. The molecular formula is C13H17ClN2O. The number of benzene rings is 1. The first kappa shape index (κ1) is 12.2. The van der Waals surface area contributed by atoms with Crippen LogP contribution >= 0.6 is 11.6 Å². The highest BCUT2D eigenvalue weighted by molar-refractivity contribution is 6.21. The second kappa shape index (κ2) is 5.41. The van der Waals surface area contributed by atoms with Crippen LogP contribution in [0.2, 0.25) is 0 Å². The summed E-state index contributed by atoms with van der Waals surface area (Å²) in [5.41, 5.74) is 0.943. The predicted octanol–water partition coefficient (Wildman–Crippen LogP) is 2.31. The summed E-state index contributed by atoms with van der Waals surface area (Å²) in [5.74, 6) is 0.137. The maximum atomic E-state index is 11.6. The molecule has 1 unspecified atom stereocenters. The fourth-order valence-electron chi connectivity index (χ4n) is 2.10. The minimum atomic E-state index is -0.226. The number of amides is 1. The molecule has 1 saturated heterocycles. The zero-order valence-electron chi connectivity index (χ0n) is 9.97. The lowest BCUT2D eigenvalue weighted by molar-refractivity contribution is -0.131. The summed E-state index contributed by atoms with van der Waals surface area (Å²) >= 11 is 6.26. The minimum absolute atomic E-state index is 0.137. The Labute approximate surface area is 107 Å². The Bertz CT molecular complexity index is 382. The van der Waals surface area contributed by atoms with Crippen LogP contribution in [0.3, 0.4) is 0 Å². The summed E-state index contributed by atoms with van der Waals surface area (Å²) in [7, 11) is 0. The van der Waals surface area contributed by atoms with Gasteiger partial charge in [-0.2, -0.15) is 0 Å². The monoisotopic (exact) mass is 252 g/mol. The number of halogens is 1. The molecule has 0 saturated carbocycles. The van der Waals surface area contributed by atoms with Crippen molar-refractivity contribution >= 4 is 23.2 Å². The van der Waals surface area contributed by atoms with E-state index in [1.165, 1.54) is 5.69 Å². The molecule has 1 aromatic carbocycles. The number of hydrogen-bond donors (Lipinski definition) is 0. The highest BCUT2D eigenvalue weighted by atomic mass is 35.5. The third-order valence-electron chi connectivity index (χ3n) is 3.06. The Hall–Kier alpha value is -1.22.